The molecule has 3 heterocycles. The van der Waals surface area contributed by atoms with E-state index in [2.05, 4.69) is 19.9 Å². The summed E-state index contributed by atoms with van der Waals surface area (Å²) in [7, 11) is 0. The molecule has 1 aliphatic heterocycles. The van der Waals surface area contributed by atoms with Crippen LogP contribution in [0.15, 0.2) is 42.6 Å². The van der Waals surface area contributed by atoms with E-state index in [1.54, 1.807) is 24.3 Å². The molecule has 1 aliphatic rings. The fraction of sp³-hybridized carbons (Fsp3) is 0.250. The van der Waals surface area contributed by atoms with E-state index in [1.807, 2.05) is 11.0 Å². The second-order valence-corrected chi connectivity index (χ2v) is 6.50. The highest BCUT2D eigenvalue weighted by Gasteiger charge is 2.30. The zero-order valence-corrected chi connectivity index (χ0v) is 16.0. The third-order valence-corrected chi connectivity index (χ3v) is 4.42. The van der Waals surface area contributed by atoms with Crippen molar-refractivity contribution >= 4 is 5.95 Å². The number of rotatable bonds is 4. The van der Waals surface area contributed by atoms with Crippen LogP contribution in [0.3, 0.4) is 0 Å². The maximum absolute atomic E-state index is 12.6. The van der Waals surface area contributed by atoms with Crippen LogP contribution in [-0.2, 0) is 10.9 Å². The molecule has 1 aromatic carbocycles. The van der Waals surface area contributed by atoms with E-state index in [0.29, 0.717) is 55.6 Å². The monoisotopic (exact) mass is 428 g/mol. The number of ether oxygens (including phenoxy) is 2. The van der Waals surface area contributed by atoms with Crippen molar-refractivity contribution in [3.63, 3.8) is 0 Å². The molecular weight excluding hydrogens is 413 g/mol. The van der Waals surface area contributed by atoms with E-state index in [1.165, 1.54) is 0 Å². The first kappa shape index (κ1) is 20.5. The van der Waals surface area contributed by atoms with Crippen LogP contribution in [0.1, 0.15) is 11.4 Å². The number of nitrogens with zero attached hydrogens (tertiary/aromatic N) is 6. The number of morpholine rings is 1. The van der Waals surface area contributed by atoms with Gasteiger partial charge in [-0.2, -0.15) is 33.4 Å². The molecule has 11 heteroatoms. The molecule has 2 aromatic heterocycles. The largest absolute Gasteiger partial charge is 0.439 e. The van der Waals surface area contributed by atoms with Gasteiger partial charge in [0.1, 0.15) is 11.8 Å². The van der Waals surface area contributed by atoms with E-state index in [-0.39, 0.29) is 11.7 Å². The molecular formula is C20H15F3N6O2. The second kappa shape index (κ2) is 8.53. The molecule has 0 N–H and O–H groups in total. The molecule has 0 bridgehead atoms. The van der Waals surface area contributed by atoms with Crippen molar-refractivity contribution in [3.05, 3.63) is 54.0 Å². The van der Waals surface area contributed by atoms with Gasteiger partial charge in [-0.05, 0) is 30.3 Å². The first-order valence-electron chi connectivity index (χ1n) is 9.23. The third kappa shape index (κ3) is 4.87. The number of hydrogen-bond acceptors (Lipinski definition) is 8. The lowest BCUT2D eigenvalue weighted by molar-refractivity contribution is -0.137. The lowest BCUT2D eigenvalue weighted by Gasteiger charge is -2.26. The molecule has 8 nitrogen and oxygen atoms in total. The number of aromatic nitrogens is 4. The fourth-order valence-corrected chi connectivity index (χ4v) is 2.85. The fourth-order valence-electron chi connectivity index (χ4n) is 2.85. The molecule has 0 aliphatic carbocycles. The molecule has 0 unspecified atom stereocenters. The Morgan fingerprint density at radius 1 is 1.00 bits per heavy atom. The SMILES string of the molecule is N#Cc1nc(-c2ccc(Oc3ccc(C(F)(F)F)cn3)cc2)nc(N2CCOCC2)n1. The van der Waals surface area contributed by atoms with Gasteiger partial charge in [0.15, 0.2) is 5.82 Å². The topological polar surface area (TPSA) is 97.0 Å². The first-order valence-corrected chi connectivity index (χ1v) is 9.23. The summed E-state index contributed by atoms with van der Waals surface area (Å²) in [5.41, 5.74) is -0.226. The number of nitriles is 1. The highest BCUT2D eigenvalue weighted by Crippen LogP contribution is 2.30. The van der Waals surface area contributed by atoms with Crippen molar-refractivity contribution in [3.8, 4) is 29.1 Å². The molecule has 0 amide bonds. The molecule has 4 rings (SSSR count). The number of halogens is 3. The van der Waals surface area contributed by atoms with Gasteiger partial charge in [0.05, 0.1) is 18.8 Å². The Balaban J connectivity index is 1.53. The van der Waals surface area contributed by atoms with Crippen LogP contribution < -0.4 is 9.64 Å². The van der Waals surface area contributed by atoms with Gasteiger partial charge in [-0.25, -0.2) is 4.98 Å². The standard InChI is InChI=1S/C20H15F3N6O2/c21-20(22,23)14-3-6-17(25-12-14)31-15-4-1-13(2-5-15)18-26-16(11-24)27-19(28-18)29-7-9-30-10-8-29/h1-6,12H,7-10H2. The van der Waals surface area contributed by atoms with Gasteiger partial charge in [0, 0.05) is 30.9 Å². The van der Waals surface area contributed by atoms with Crippen LogP contribution in [0.25, 0.3) is 11.4 Å². The highest BCUT2D eigenvalue weighted by molar-refractivity contribution is 5.58. The highest BCUT2D eigenvalue weighted by atomic mass is 19.4. The van der Waals surface area contributed by atoms with E-state index < -0.39 is 11.7 Å². The Bertz CT molecular complexity index is 1090. The number of pyridine rings is 1. The van der Waals surface area contributed by atoms with Gasteiger partial charge in [-0.3, -0.25) is 0 Å². The maximum Gasteiger partial charge on any atom is 0.417 e. The smallest absolute Gasteiger partial charge is 0.417 e. The van der Waals surface area contributed by atoms with Crippen LogP contribution in [0.4, 0.5) is 19.1 Å². The summed E-state index contributed by atoms with van der Waals surface area (Å²) in [6.07, 6.45) is -3.74. The summed E-state index contributed by atoms with van der Waals surface area (Å²) >= 11 is 0. The third-order valence-electron chi connectivity index (χ3n) is 4.42. The molecule has 3 aromatic rings. The van der Waals surface area contributed by atoms with E-state index in [9.17, 15) is 18.4 Å². The van der Waals surface area contributed by atoms with Crippen molar-refractivity contribution in [2.45, 2.75) is 6.18 Å². The van der Waals surface area contributed by atoms with Crippen LogP contribution in [0.5, 0.6) is 11.6 Å². The molecule has 31 heavy (non-hydrogen) atoms. The molecule has 0 spiro atoms. The van der Waals surface area contributed by atoms with Gasteiger partial charge in [0.25, 0.3) is 0 Å². The minimum Gasteiger partial charge on any atom is -0.439 e. The Morgan fingerprint density at radius 2 is 1.74 bits per heavy atom. The zero-order chi connectivity index (χ0) is 21.8. The van der Waals surface area contributed by atoms with Crippen LogP contribution in [-0.4, -0.2) is 46.2 Å². The lowest BCUT2D eigenvalue weighted by atomic mass is 10.2. The predicted octanol–water partition coefficient (Wildman–Crippen LogP) is 3.45. The normalized spacial score (nSPS) is 14.2. The zero-order valence-electron chi connectivity index (χ0n) is 16.0. The van der Waals surface area contributed by atoms with Crippen molar-refractivity contribution in [2.24, 2.45) is 0 Å². The Kier molecular flexibility index (Phi) is 5.64. The number of benzene rings is 1. The van der Waals surface area contributed by atoms with Gasteiger partial charge < -0.3 is 14.4 Å². The minimum atomic E-state index is -4.46. The number of anilines is 1. The predicted molar refractivity (Wildman–Crippen MR) is 102 cm³/mol. The first-order chi connectivity index (χ1) is 14.9. The van der Waals surface area contributed by atoms with Crippen molar-refractivity contribution in [2.75, 3.05) is 31.2 Å². The Morgan fingerprint density at radius 3 is 2.35 bits per heavy atom. The molecule has 0 atom stereocenters. The summed E-state index contributed by atoms with van der Waals surface area (Å²) in [6, 6.07) is 10.6. The van der Waals surface area contributed by atoms with Crippen molar-refractivity contribution in [1.29, 1.82) is 5.26 Å². The molecule has 158 valence electrons. The van der Waals surface area contributed by atoms with Crippen molar-refractivity contribution in [1.82, 2.24) is 19.9 Å². The van der Waals surface area contributed by atoms with Gasteiger partial charge >= 0.3 is 6.18 Å². The van der Waals surface area contributed by atoms with E-state index in [4.69, 9.17) is 9.47 Å². The summed E-state index contributed by atoms with van der Waals surface area (Å²) in [5, 5.41) is 9.27. The lowest BCUT2D eigenvalue weighted by Crippen LogP contribution is -2.37. The number of alkyl halides is 3. The van der Waals surface area contributed by atoms with Crippen molar-refractivity contribution < 1.29 is 22.6 Å². The quantitative estimate of drug-likeness (QED) is 0.623. The van der Waals surface area contributed by atoms with Gasteiger partial charge in [0.2, 0.25) is 17.7 Å². The van der Waals surface area contributed by atoms with Gasteiger partial charge in [-0.1, -0.05) is 0 Å². The summed E-state index contributed by atoms with van der Waals surface area (Å²) < 4.78 is 48.7. The maximum atomic E-state index is 12.6. The second-order valence-electron chi connectivity index (χ2n) is 6.50. The summed E-state index contributed by atoms with van der Waals surface area (Å²) in [5.74, 6) is 1.13. The molecule has 1 fully saturated rings. The van der Waals surface area contributed by atoms with Crippen LogP contribution in [0.2, 0.25) is 0 Å². The average molecular weight is 428 g/mol. The van der Waals surface area contributed by atoms with Crippen LogP contribution in [0, 0.1) is 11.3 Å². The Hall–Kier alpha value is -3.78. The average Bonchev–Trinajstić information content (AvgIpc) is 2.79. The summed E-state index contributed by atoms with van der Waals surface area (Å²) in [4.78, 5) is 18.4. The van der Waals surface area contributed by atoms with E-state index in [0.717, 1.165) is 12.1 Å². The number of hydrogen-bond donors (Lipinski definition) is 0. The summed E-state index contributed by atoms with van der Waals surface area (Å²) in [6.45, 7) is 2.32. The van der Waals surface area contributed by atoms with Crippen LogP contribution >= 0.6 is 0 Å². The minimum absolute atomic E-state index is 0.000716. The van der Waals surface area contributed by atoms with E-state index >= 15 is 0 Å². The Labute approximate surface area is 174 Å². The van der Waals surface area contributed by atoms with Gasteiger partial charge in [-0.15, -0.1) is 0 Å². The molecule has 0 saturated carbocycles. The molecule has 0 radical (unpaired) electrons. The molecule has 1 saturated heterocycles.